The van der Waals surface area contributed by atoms with Gasteiger partial charge in [0.25, 0.3) is 0 Å². The zero-order valence-electron chi connectivity index (χ0n) is 20.5. The number of hydrogen-bond acceptors (Lipinski definition) is 5. The Balaban J connectivity index is 1.07. The minimum atomic E-state index is 0.000710. The summed E-state index contributed by atoms with van der Waals surface area (Å²) in [5.41, 5.74) is 6.70. The minimum Gasteiger partial charge on any atom is -0.470 e. The number of rotatable bonds is 2. The average Bonchev–Trinajstić information content (AvgIpc) is 3.71. The first kappa shape index (κ1) is 20.5. The zero-order chi connectivity index (χ0) is 24.8. The molecule has 0 N–H and O–H groups in total. The summed E-state index contributed by atoms with van der Waals surface area (Å²) in [6.45, 7) is 0. The van der Waals surface area contributed by atoms with Gasteiger partial charge in [0.15, 0.2) is 0 Å². The van der Waals surface area contributed by atoms with E-state index in [9.17, 15) is 0 Å². The van der Waals surface area contributed by atoms with Crippen molar-refractivity contribution in [1.82, 2.24) is 4.98 Å². The van der Waals surface area contributed by atoms with Gasteiger partial charge in [0.2, 0.25) is 11.8 Å². The molecule has 0 saturated carbocycles. The fraction of sp³-hybridized carbons (Fsp3) is 0.182. The van der Waals surface area contributed by atoms with E-state index in [0.717, 1.165) is 24.2 Å². The molecule has 4 aliphatic rings. The fourth-order valence-corrected chi connectivity index (χ4v) is 6.80. The third-order valence-electron chi connectivity index (χ3n) is 8.49. The summed E-state index contributed by atoms with van der Waals surface area (Å²) in [7, 11) is 0. The molecule has 4 atom stereocenters. The first-order chi connectivity index (χ1) is 18.8. The largest absolute Gasteiger partial charge is 0.470 e. The molecule has 0 radical (unpaired) electrons. The SMILES string of the molecule is c1cc(C2=N[C@@H]3c4c(ccc5ccccc45)C[C@@H]3O2)nc(C2=N[C@@H]3c4c(ccc5ccccc45)C[C@@H]3O2)c1. The lowest BCUT2D eigenvalue weighted by Gasteiger charge is -2.10. The second-order valence-corrected chi connectivity index (χ2v) is 10.6. The molecule has 0 fully saturated rings. The van der Waals surface area contributed by atoms with Crippen LogP contribution in [-0.4, -0.2) is 29.0 Å². The Bertz CT molecular complexity index is 1740. The molecule has 0 unspecified atom stereocenters. The number of aliphatic imine (C=N–C) groups is 2. The Morgan fingerprint density at radius 2 is 1.03 bits per heavy atom. The van der Waals surface area contributed by atoms with Crippen LogP contribution < -0.4 is 0 Å². The van der Waals surface area contributed by atoms with Crippen molar-refractivity contribution in [2.45, 2.75) is 37.1 Å². The summed E-state index contributed by atoms with van der Waals surface area (Å²) in [6, 6.07) is 31.8. The van der Waals surface area contributed by atoms with Crippen LogP contribution in [0, 0.1) is 0 Å². The standard InChI is InChI=1S/C33H23N3O2/c1-3-8-22-18(6-1)12-14-20-16-26-30(28(20)22)35-32(37-26)24-10-5-11-25(34-24)33-36-31-27(38-33)17-21-15-13-19-7-2-4-9-23(19)29(21)31/h1-15,26-27,30-31H,16-17H2/t26-,27-,30-,31-/m0/s1. The molecular weight excluding hydrogens is 470 g/mol. The van der Waals surface area contributed by atoms with Gasteiger partial charge in [0.05, 0.1) is 0 Å². The van der Waals surface area contributed by atoms with Gasteiger partial charge in [-0.3, -0.25) is 0 Å². The number of ether oxygens (including phenoxy) is 2. The minimum absolute atomic E-state index is 0.000710. The zero-order valence-corrected chi connectivity index (χ0v) is 20.5. The number of aromatic nitrogens is 1. The molecular formula is C33H23N3O2. The van der Waals surface area contributed by atoms with E-state index in [1.165, 1.54) is 43.8 Å². The highest BCUT2D eigenvalue weighted by Crippen LogP contribution is 2.45. The van der Waals surface area contributed by atoms with E-state index < -0.39 is 0 Å². The molecule has 182 valence electrons. The average molecular weight is 494 g/mol. The Morgan fingerprint density at radius 1 is 0.526 bits per heavy atom. The van der Waals surface area contributed by atoms with Gasteiger partial charge in [0.1, 0.15) is 35.7 Å². The molecule has 0 amide bonds. The van der Waals surface area contributed by atoms with Crippen molar-refractivity contribution in [1.29, 1.82) is 0 Å². The quantitative estimate of drug-likeness (QED) is 0.291. The molecule has 2 aliphatic heterocycles. The van der Waals surface area contributed by atoms with Crippen molar-refractivity contribution in [3.05, 3.63) is 125 Å². The number of hydrogen-bond donors (Lipinski definition) is 0. The van der Waals surface area contributed by atoms with Gasteiger partial charge in [0, 0.05) is 12.8 Å². The maximum atomic E-state index is 6.40. The molecule has 5 nitrogen and oxygen atoms in total. The molecule has 1 aromatic heterocycles. The molecule has 2 aliphatic carbocycles. The predicted molar refractivity (Wildman–Crippen MR) is 148 cm³/mol. The second kappa shape index (κ2) is 7.51. The molecule has 3 heterocycles. The van der Waals surface area contributed by atoms with E-state index in [1.54, 1.807) is 0 Å². The van der Waals surface area contributed by atoms with Crippen molar-refractivity contribution >= 4 is 33.3 Å². The van der Waals surface area contributed by atoms with E-state index in [4.69, 9.17) is 24.4 Å². The molecule has 4 aromatic carbocycles. The van der Waals surface area contributed by atoms with E-state index in [0.29, 0.717) is 11.8 Å². The van der Waals surface area contributed by atoms with Crippen molar-refractivity contribution in [2.75, 3.05) is 0 Å². The number of pyridine rings is 1. The third-order valence-corrected chi connectivity index (χ3v) is 8.49. The molecule has 38 heavy (non-hydrogen) atoms. The van der Waals surface area contributed by atoms with E-state index >= 15 is 0 Å². The summed E-state index contributed by atoms with van der Waals surface area (Å²) in [6.07, 6.45) is 1.76. The summed E-state index contributed by atoms with van der Waals surface area (Å²) < 4.78 is 12.8. The molecule has 0 bridgehead atoms. The molecule has 0 saturated heterocycles. The van der Waals surface area contributed by atoms with Crippen LogP contribution in [0.5, 0.6) is 0 Å². The second-order valence-electron chi connectivity index (χ2n) is 10.6. The summed E-state index contributed by atoms with van der Waals surface area (Å²) in [5, 5.41) is 5.01. The highest BCUT2D eigenvalue weighted by atomic mass is 16.5. The highest BCUT2D eigenvalue weighted by Gasteiger charge is 2.43. The van der Waals surface area contributed by atoms with E-state index in [1.807, 2.05) is 18.2 Å². The Kier molecular flexibility index (Phi) is 4.06. The van der Waals surface area contributed by atoms with E-state index in [-0.39, 0.29) is 24.3 Å². The highest BCUT2D eigenvalue weighted by molar-refractivity contribution is 5.99. The monoisotopic (exact) mass is 493 g/mol. The van der Waals surface area contributed by atoms with Crippen LogP contribution in [-0.2, 0) is 22.3 Å². The molecule has 5 aromatic rings. The third kappa shape index (κ3) is 2.84. The van der Waals surface area contributed by atoms with Gasteiger partial charge in [-0.1, -0.05) is 78.9 Å². The lowest BCUT2D eigenvalue weighted by molar-refractivity contribution is 0.205. The van der Waals surface area contributed by atoms with Crippen LogP contribution in [0.25, 0.3) is 21.5 Å². The van der Waals surface area contributed by atoms with Gasteiger partial charge in [-0.15, -0.1) is 0 Å². The van der Waals surface area contributed by atoms with Gasteiger partial charge in [-0.05, 0) is 55.9 Å². The van der Waals surface area contributed by atoms with Crippen LogP contribution in [0.3, 0.4) is 0 Å². The summed E-state index contributed by atoms with van der Waals surface area (Å²) >= 11 is 0. The van der Waals surface area contributed by atoms with Gasteiger partial charge in [-0.2, -0.15) is 0 Å². The summed E-state index contributed by atoms with van der Waals surface area (Å²) in [5.74, 6) is 1.21. The van der Waals surface area contributed by atoms with Gasteiger partial charge >= 0.3 is 0 Å². The number of nitrogens with zero attached hydrogens (tertiary/aromatic N) is 3. The lowest BCUT2D eigenvalue weighted by atomic mass is 9.99. The van der Waals surface area contributed by atoms with Crippen LogP contribution in [0.2, 0.25) is 0 Å². The predicted octanol–water partition coefficient (Wildman–Crippen LogP) is 6.27. The first-order valence-corrected chi connectivity index (χ1v) is 13.3. The van der Waals surface area contributed by atoms with Crippen LogP contribution in [0.15, 0.2) is 101 Å². The Labute approximate surface area is 219 Å². The Hall–Kier alpha value is -4.51. The van der Waals surface area contributed by atoms with Crippen molar-refractivity contribution in [3.63, 3.8) is 0 Å². The summed E-state index contributed by atoms with van der Waals surface area (Å²) in [4.78, 5) is 15.0. The molecule has 0 spiro atoms. The van der Waals surface area contributed by atoms with Crippen LogP contribution in [0.1, 0.15) is 45.7 Å². The van der Waals surface area contributed by atoms with Crippen molar-refractivity contribution < 1.29 is 9.47 Å². The smallest absolute Gasteiger partial charge is 0.236 e. The topological polar surface area (TPSA) is 56.1 Å². The number of benzene rings is 4. The van der Waals surface area contributed by atoms with Crippen molar-refractivity contribution in [3.8, 4) is 0 Å². The maximum absolute atomic E-state index is 6.40. The normalized spacial score (nSPS) is 24.3. The molecule has 5 heteroatoms. The van der Waals surface area contributed by atoms with Crippen molar-refractivity contribution in [2.24, 2.45) is 9.98 Å². The lowest BCUT2D eigenvalue weighted by Crippen LogP contribution is -2.17. The van der Waals surface area contributed by atoms with Crippen LogP contribution in [0.4, 0.5) is 0 Å². The molecule has 9 rings (SSSR count). The Morgan fingerprint density at radius 3 is 1.55 bits per heavy atom. The van der Waals surface area contributed by atoms with Gasteiger partial charge in [-0.25, -0.2) is 15.0 Å². The maximum Gasteiger partial charge on any atom is 0.236 e. The van der Waals surface area contributed by atoms with Gasteiger partial charge < -0.3 is 9.47 Å². The number of fused-ring (bicyclic) bond motifs is 10. The van der Waals surface area contributed by atoms with Crippen LogP contribution >= 0.6 is 0 Å². The van der Waals surface area contributed by atoms with E-state index in [2.05, 4.69) is 72.8 Å². The first-order valence-electron chi connectivity index (χ1n) is 13.3. The fourth-order valence-electron chi connectivity index (χ4n) is 6.80.